The molecule has 166 valence electrons. The van der Waals surface area contributed by atoms with Crippen LogP contribution in [0.2, 0.25) is 0 Å². The van der Waals surface area contributed by atoms with Gasteiger partial charge in [-0.1, -0.05) is 36.4 Å². The number of benzene rings is 2. The molecule has 0 aliphatic carbocycles. The third kappa shape index (κ3) is 4.93. The van der Waals surface area contributed by atoms with Gasteiger partial charge < -0.3 is 10.3 Å². The summed E-state index contributed by atoms with van der Waals surface area (Å²) in [7, 11) is 0. The van der Waals surface area contributed by atoms with Crippen molar-refractivity contribution in [2.24, 2.45) is 0 Å². The van der Waals surface area contributed by atoms with Crippen molar-refractivity contribution < 1.29 is 9.18 Å². The summed E-state index contributed by atoms with van der Waals surface area (Å²) in [6.07, 6.45) is 4.99. The van der Waals surface area contributed by atoms with Crippen molar-refractivity contribution in [2.75, 3.05) is 5.73 Å². The molecule has 0 spiro atoms. The molecule has 2 heterocycles. The van der Waals surface area contributed by atoms with Crippen molar-refractivity contribution in [3.63, 3.8) is 0 Å². The van der Waals surface area contributed by atoms with Gasteiger partial charge in [0.2, 0.25) is 0 Å². The molecule has 0 unspecified atom stereocenters. The number of nitrogen functional groups attached to an aromatic ring is 1. The van der Waals surface area contributed by atoms with E-state index in [2.05, 4.69) is 20.9 Å². The number of hydrogen-bond acceptors (Lipinski definition) is 4. The first kappa shape index (κ1) is 22.6. The predicted molar refractivity (Wildman–Crippen MR) is 132 cm³/mol. The second-order valence-electron chi connectivity index (χ2n) is 7.64. The van der Waals surface area contributed by atoms with Crippen LogP contribution in [-0.2, 0) is 13.0 Å². The van der Waals surface area contributed by atoms with Crippen LogP contribution in [0.25, 0.3) is 22.3 Å². The first-order chi connectivity index (χ1) is 15.9. The number of anilines is 1. The zero-order chi connectivity index (χ0) is 23.5. The molecule has 5 nitrogen and oxygen atoms in total. The van der Waals surface area contributed by atoms with Crippen LogP contribution in [0.1, 0.15) is 22.8 Å². The van der Waals surface area contributed by atoms with Gasteiger partial charge in [0.25, 0.3) is 0 Å². The van der Waals surface area contributed by atoms with E-state index in [1.54, 1.807) is 35.3 Å². The Balaban J connectivity index is 1.63. The molecule has 4 aromatic rings. The molecule has 0 saturated heterocycles. The van der Waals surface area contributed by atoms with E-state index >= 15 is 0 Å². The molecule has 0 aliphatic heterocycles. The number of carbonyl (C=O) groups excluding carboxylic acids is 1. The van der Waals surface area contributed by atoms with E-state index in [-0.39, 0.29) is 29.0 Å². The molecular weight excluding hydrogens is 485 g/mol. The number of pyridine rings is 2. The molecular formula is C26H21BrFN3O2. The summed E-state index contributed by atoms with van der Waals surface area (Å²) >= 11 is 3.40. The lowest BCUT2D eigenvalue weighted by atomic mass is 9.98. The molecule has 0 fully saturated rings. The second-order valence-corrected chi connectivity index (χ2v) is 8.55. The highest BCUT2D eigenvalue weighted by atomic mass is 79.9. The topological polar surface area (TPSA) is 78.0 Å². The average molecular weight is 506 g/mol. The van der Waals surface area contributed by atoms with E-state index in [0.717, 1.165) is 21.2 Å². The third-order valence-corrected chi connectivity index (χ3v) is 5.85. The van der Waals surface area contributed by atoms with Gasteiger partial charge in [-0.15, -0.1) is 0 Å². The Morgan fingerprint density at radius 3 is 2.33 bits per heavy atom. The number of ketones is 1. The normalized spacial score (nSPS) is 10.9. The van der Waals surface area contributed by atoms with Crippen LogP contribution in [-0.4, -0.2) is 15.3 Å². The number of halogens is 2. The number of hydrogen-bond donors (Lipinski definition) is 1. The average Bonchev–Trinajstić information content (AvgIpc) is 2.82. The molecule has 0 amide bonds. The first-order valence-electron chi connectivity index (χ1n) is 10.4. The van der Waals surface area contributed by atoms with Gasteiger partial charge in [-0.05, 0) is 57.7 Å². The number of nitrogens with two attached hydrogens (primary N) is 1. The van der Waals surface area contributed by atoms with Crippen LogP contribution >= 0.6 is 15.9 Å². The maximum atomic E-state index is 13.3. The second kappa shape index (κ2) is 9.50. The lowest BCUT2D eigenvalue weighted by molar-refractivity contribution is 0.0991. The molecule has 0 atom stereocenters. The summed E-state index contributed by atoms with van der Waals surface area (Å²) in [5.41, 5.74) is 9.13. The van der Waals surface area contributed by atoms with Gasteiger partial charge in [0.1, 0.15) is 11.6 Å². The van der Waals surface area contributed by atoms with Crippen molar-refractivity contribution >= 4 is 27.5 Å². The van der Waals surface area contributed by atoms with E-state index in [1.807, 2.05) is 37.3 Å². The van der Waals surface area contributed by atoms with Crippen LogP contribution in [0.5, 0.6) is 0 Å². The Morgan fingerprint density at radius 2 is 1.67 bits per heavy atom. The predicted octanol–water partition coefficient (Wildman–Crippen LogP) is 5.51. The number of aromatic nitrogens is 2. The van der Waals surface area contributed by atoms with Crippen molar-refractivity contribution in [1.29, 1.82) is 0 Å². The number of aryl methyl sites for hydroxylation is 1. The standard InChI is InChI=1S/C26H21BrFN3O2/c1-2-31-14-22(18-7-9-20(28)10-8-18)25(33)23(15-31)24(32)11-16-3-5-17(6-4-16)21-12-19(27)13-30-26(21)29/h3-10,12-15H,2,11H2,1H3,(H2,29,30). The zero-order valence-electron chi connectivity index (χ0n) is 17.9. The van der Waals surface area contributed by atoms with Gasteiger partial charge in [0, 0.05) is 47.2 Å². The Hall–Kier alpha value is -3.58. The van der Waals surface area contributed by atoms with E-state index in [4.69, 9.17) is 5.73 Å². The van der Waals surface area contributed by atoms with E-state index in [9.17, 15) is 14.0 Å². The lowest BCUT2D eigenvalue weighted by Gasteiger charge is -2.11. The molecule has 33 heavy (non-hydrogen) atoms. The number of nitrogens with zero attached hydrogens (tertiary/aromatic N) is 2. The Bertz CT molecular complexity index is 1380. The highest BCUT2D eigenvalue weighted by Gasteiger charge is 2.17. The van der Waals surface area contributed by atoms with Crippen LogP contribution < -0.4 is 11.2 Å². The van der Waals surface area contributed by atoms with E-state index < -0.39 is 0 Å². The zero-order valence-corrected chi connectivity index (χ0v) is 19.5. The molecule has 0 saturated carbocycles. The number of carbonyl (C=O) groups is 1. The molecule has 2 N–H and O–H groups in total. The Morgan fingerprint density at radius 1 is 1.03 bits per heavy atom. The lowest BCUT2D eigenvalue weighted by Crippen LogP contribution is -2.21. The maximum Gasteiger partial charge on any atom is 0.200 e. The third-order valence-electron chi connectivity index (χ3n) is 5.41. The summed E-state index contributed by atoms with van der Waals surface area (Å²) in [4.78, 5) is 30.3. The quantitative estimate of drug-likeness (QED) is 0.350. The van der Waals surface area contributed by atoms with Gasteiger partial charge in [-0.2, -0.15) is 0 Å². The monoisotopic (exact) mass is 505 g/mol. The fourth-order valence-electron chi connectivity index (χ4n) is 3.61. The minimum absolute atomic E-state index is 0.0817. The van der Waals surface area contributed by atoms with E-state index in [0.29, 0.717) is 23.5 Å². The highest BCUT2D eigenvalue weighted by Crippen LogP contribution is 2.27. The Labute approximate surface area is 198 Å². The minimum atomic E-state index is -0.384. The van der Waals surface area contributed by atoms with Gasteiger partial charge >= 0.3 is 0 Å². The fraction of sp³-hybridized carbons (Fsp3) is 0.115. The van der Waals surface area contributed by atoms with Crippen LogP contribution in [0.3, 0.4) is 0 Å². The molecule has 0 aliphatic rings. The Kier molecular flexibility index (Phi) is 6.51. The van der Waals surface area contributed by atoms with Crippen LogP contribution in [0, 0.1) is 5.82 Å². The maximum absolute atomic E-state index is 13.3. The van der Waals surface area contributed by atoms with Crippen LogP contribution in [0.4, 0.5) is 10.2 Å². The van der Waals surface area contributed by atoms with E-state index in [1.165, 1.54) is 12.1 Å². The summed E-state index contributed by atoms with van der Waals surface area (Å²) in [6.45, 7) is 2.51. The molecule has 7 heteroatoms. The molecule has 4 rings (SSSR count). The molecule has 0 bridgehead atoms. The molecule has 0 radical (unpaired) electrons. The molecule has 2 aromatic carbocycles. The molecule has 2 aromatic heterocycles. The first-order valence-corrected chi connectivity index (χ1v) is 11.2. The number of rotatable bonds is 6. The van der Waals surface area contributed by atoms with Crippen molar-refractivity contribution in [1.82, 2.24) is 9.55 Å². The van der Waals surface area contributed by atoms with Crippen molar-refractivity contribution in [3.05, 3.63) is 105 Å². The highest BCUT2D eigenvalue weighted by molar-refractivity contribution is 9.10. The largest absolute Gasteiger partial charge is 0.383 e. The van der Waals surface area contributed by atoms with Crippen molar-refractivity contribution in [3.8, 4) is 22.3 Å². The van der Waals surface area contributed by atoms with Gasteiger partial charge in [0.15, 0.2) is 11.2 Å². The fourth-order valence-corrected chi connectivity index (χ4v) is 3.94. The summed E-state index contributed by atoms with van der Waals surface area (Å²) in [5, 5.41) is 0. The number of Topliss-reactive ketones (excluding diaryl/α,β-unsaturated/α-hetero) is 1. The van der Waals surface area contributed by atoms with Gasteiger partial charge in [0.05, 0.1) is 5.56 Å². The van der Waals surface area contributed by atoms with Gasteiger partial charge in [-0.25, -0.2) is 9.37 Å². The van der Waals surface area contributed by atoms with Crippen molar-refractivity contribution in [2.45, 2.75) is 19.9 Å². The summed E-state index contributed by atoms with van der Waals surface area (Å²) < 4.78 is 15.9. The van der Waals surface area contributed by atoms with Crippen LogP contribution in [0.15, 0.2) is 82.5 Å². The minimum Gasteiger partial charge on any atom is -0.383 e. The SMILES string of the molecule is CCn1cc(C(=O)Cc2ccc(-c3cc(Br)cnc3N)cc2)c(=O)c(-c2ccc(F)cc2)c1. The summed E-state index contributed by atoms with van der Waals surface area (Å²) in [5.74, 6) is -0.243. The summed E-state index contributed by atoms with van der Waals surface area (Å²) in [6, 6.07) is 15.0. The smallest absolute Gasteiger partial charge is 0.200 e. The van der Waals surface area contributed by atoms with Gasteiger partial charge in [-0.3, -0.25) is 9.59 Å².